The Morgan fingerprint density at radius 1 is 1.29 bits per heavy atom. The first-order valence-corrected chi connectivity index (χ1v) is 7.49. The number of ether oxygens (including phenoxy) is 2. The van der Waals surface area contributed by atoms with E-state index in [0.717, 1.165) is 27.9 Å². The van der Waals surface area contributed by atoms with Crippen molar-refractivity contribution in [2.45, 2.75) is 12.5 Å². The molecule has 5 heteroatoms. The summed E-state index contributed by atoms with van der Waals surface area (Å²) in [5, 5.41) is 3.42. The molecule has 0 fully saturated rings. The normalized spacial score (nSPS) is 16.8. The van der Waals surface area contributed by atoms with Gasteiger partial charge in [-0.15, -0.1) is 0 Å². The van der Waals surface area contributed by atoms with Crippen molar-refractivity contribution in [1.29, 1.82) is 0 Å². The molecule has 1 aliphatic rings. The summed E-state index contributed by atoms with van der Waals surface area (Å²) in [5.41, 5.74) is 1.86. The van der Waals surface area contributed by atoms with Crippen LogP contribution in [0, 0.1) is 5.82 Å². The van der Waals surface area contributed by atoms with E-state index in [9.17, 15) is 4.39 Å². The highest BCUT2D eigenvalue weighted by atomic mass is 79.9. The van der Waals surface area contributed by atoms with Gasteiger partial charge < -0.3 is 14.8 Å². The average molecular weight is 352 g/mol. The van der Waals surface area contributed by atoms with E-state index in [1.54, 1.807) is 6.07 Å². The lowest BCUT2D eigenvalue weighted by molar-refractivity contribution is 0.274. The monoisotopic (exact) mass is 351 g/mol. The third-order valence-electron chi connectivity index (χ3n) is 3.50. The Morgan fingerprint density at radius 2 is 2.14 bits per heavy atom. The van der Waals surface area contributed by atoms with Gasteiger partial charge in [-0.1, -0.05) is 15.9 Å². The van der Waals surface area contributed by atoms with Gasteiger partial charge in [0.1, 0.15) is 17.3 Å². The zero-order valence-electron chi connectivity index (χ0n) is 11.5. The largest absolute Gasteiger partial charge is 0.494 e. The molecule has 0 radical (unpaired) electrons. The lowest BCUT2D eigenvalue weighted by Crippen LogP contribution is -2.20. The van der Waals surface area contributed by atoms with Gasteiger partial charge in [-0.05, 0) is 30.3 Å². The minimum atomic E-state index is -0.312. The van der Waals surface area contributed by atoms with Gasteiger partial charge in [0.2, 0.25) is 0 Å². The number of anilines is 1. The van der Waals surface area contributed by atoms with Gasteiger partial charge in [-0.2, -0.15) is 0 Å². The summed E-state index contributed by atoms with van der Waals surface area (Å²) >= 11 is 3.48. The van der Waals surface area contributed by atoms with Crippen LogP contribution in [0.4, 0.5) is 10.1 Å². The quantitative estimate of drug-likeness (QED) is 0.880. The Kier molecular flexibility index (Phi) is 4.01. The van der Waals surface area contributed by atoms with Crippen LogP contribution in [0.2, 0.25) is 0 Å². The van der Waals surface area contributed by atoms with Crippen molar-refractivity contribution in [1.82, 2.24) is 0 Å². The molecular formula is C16H15BrFNO2. The minimum absolute atomic E-state index is 0.102. The predicted octanol–water partition coefficient (Wildman–Crippen LogP) is 4.53. The zero-order chi connectivity index (χ0) is 14.8. The van der Waals surface area contributed by atoms with Gasteiger partial charge in [0, 0.05) is 22.5 Å². The average Bonchev–Trinajstić information content (AvgIpc) is 2.49. The second kappa shape index (κ2) is 5.93. The number of nitrogens with one attached hydrogen (secondary N) is 1. The molecule has 1 aliphatic heterocycles. The van der Waals surface area contributed by atoms with Crippen LogP contribution in [0.3, 0.4) is 0 Å². The van der Waals surface area contributed by atoms with Crippen molar-refractivity contribution in [2.75, 3.05) is 19.0 Å². The van der Waals surface area contributed by atoms with E-state index in [2.05, 4.69) is 21.2 Å². The third-order valence-corrected chi connectivity index (χ3v) is 4.00. The lowest BCUT2D eigenvalue weighted by atomic mass is 10.00. The molecule has 3 nitrogen and oxygen atoms in total. The predicted molar refractivity (Wildman–Crippen MR) is 83.6 cm³/mol. The van der Waals surface area contributed by atoms with Crippen molar-refractivity contribution in [3.05, 3.63) is 52.3 Å². The molecule has 0 aromatic heterocycles. The molecule has 0 bridgehead atoms. The van der Waals surface area contributed by atoms with Gasteiger partial charge in [0.15, 0.2) is 0 Å². The van der Waals surface area contributed by atoms with E-state index < -0.39 is 0 Å². The molecule has 3 rings (SSSR count). The molecule has 1 N–H and O–H groups in total. The van der Waals surface area contributed by atoms with Crippen molar-refractivity contribution in [2.24, 2.45) is 0 Å². The Labute approximate surface area is 131 Å². The van der Waals surface area contributed by atoms with Gasteiger partial charge in [0.05, 0.1) is 25.4 Å². The summed E-state index contributed by atoms with van der Waals surface area (Å²) < 4.78 is 25.2. The summed E-state index contributed by atoms with van der Waals surface area (Å²) in [6.07, 6.45) is 0.837. The van der Waals surface area contributed by atoms with Gasteiger partial charge in [-0.25, -0.2) is 4.39 Å². The highest BCUT2D eigenvalue weighted by Crippen LogP contribution is 2.38. The van der Waals surface area contributed by atoms with E-state index >= 15 is 0 Å². The van der Waals surface area contributed by atoms with Crippen LogP contribution >= 0.6 is 15.9 Å². The number of benzene rings is 2. The van der Waals surface area contributed by atoms with Gasteiger partial charge >= 0.3 is 0 Å². The smallest absolute Gasteiger partial charge is 0.144 e. The van der Waals surface area contributed by atoms with Crippen LogP contribution in [0.15, 0.2) is 40.9 Å². The van der Waals surface area contributed by atoms with Crippen LogP contribution in [0.25, 0.3) is 0 Å². The molecule has 110 valence electrons. The highest BCUT2D eigenvalue weighted by molar-refractivity contribution is 9.10. The molecule has 0 amide bonds. The van der Waals surface area contributed by atoms with Crippen molar-refractivity contribution in [3.8, 4) is 11.5 Å². The second-order valence-corrected chi connectivity index (χ2v) is 5.78. The van der Waals surface area contributed by atoms with Crippen LogP contribution in [-0.2, 0) is 0 Å². The molecule has 0 spiro atoms. The summed E-state index contributed by atoms with van der Waals surface area (Å²) in [4.78, 5) is 0. The summed E-state index contributed by atoms with van der Waals surface area (Å²) in [7, 11) is 1.54. The fraction of sp³-hybridized carbons (Fsp3) is 0.250. The molecule has 0 saturated carbocycles. The van der Waals surface area contributed by atoms with E-state index in [0.29, 0.717) is 12.4 Å². The molecule has 1 heterocycles. The summed E-state index contributed by atoms with van der Waals surface area (Å²) in [6.45, 7) is 0.649. The zero-order valence-corrected chi connectivity index (χ0v) is 13.1. The number of hydrogen-bond donors (Lipinski definition) is 1. The maximum absolute atomic E-state index is 13.3. The first-order chi connectivity index (χ1) is 10.2. The third kappa shape index (κ3) is 2.97. The Morgan fingerprint density at radius 3 is 2.95 bits per heavy atom. The number of methoxy groups -OCH3 is 1. The molecule has 1 atom stereocenters. The number of halogens is 2. The molecule has 0 aliphatic carbocycles. The van der Waals surface area contributed by atoms with Crippen LogP contribution < -0.4 is 14.8 Å². The topological polar surface area (TPSA) is 30.5 Å². The van der Waals surface area contributed by atoms with Crippen LogP contribution in [-0.4, -0.2) is 13.7 Å². The second-order valence-electron chi connectivity index (χ2n) is 4.86. The van der Waals surface area contributed by atoms with E-state index in [1.165, 1.54) is 19.2 Å². The fourth-order valence-electron chi connectivity index (χ4n) is 2.49. The molecule has 2 aromatic carbocycles. The number of fused-ring (bicyclic) bond motifs is 1. The maximum atomic E-state index is 13.3. The van der Waals surface area contributed by atoms with Crippen LogP contribution in [0.5, 0.6) is 11.5 Å². The number of rotatable bonds is 3. The molecule has 1 unspecified atom stereocenters. The number of hydrogen-bond acceptors (Lipinski definition) is 3. The molecule has 21 heavy (non-hydrogen) atoms. The molecule has 2 aromatic rings. The minimum Gasteiger partial charge on any atom is -0.494 e. The lowest BCUT2D eigenvalue weighted by Gasteiger charge is -2.28. The van der Waals surface area contributed by atoms with E-state index in [1.807, 2.05) is 18.2 Å². The van der Waals surface area contributed by atoms with E-state index in [-0.39, 0.29) is 11.9 Å². The summed E-state index contributed by atoms with van der Waals surface area (Å²) in [6, 6.07) is 10.6. The first kappa shape index (κ1) is 14.2. The Hall–Kier alpha value is -1.75. The van der Waals surface area contributed by atoms with Crippen LogP contribution in [0.1, 0.15) is 18.0 Å². The Bertz CT molecular complexity index is 663. The highest BCUT2D eigenvalue weighted by Gasteiger charge is 2.22. The van der Waals surface area contributed by atoms with Crippen molar-refractivity contribution < 1.29 is 13.9 Å². The summed E-state index contributed by atoms with van der Waals surface area (Å²) in [5.74, 6) is 1.06. The van der Waals surface area contributed by atoms with Crippen molar-refractivity contribution in [3.63, 3.8) is 0 Å². The standard InChI is InChI=1S/C16H15BrFNO2/c1-20-16-9-11(18)3-4-14(16)19-13-6-7-21-15-5-2-10(17)8-12(13)15/h2-5,8-9,13,19H,6-7H2,1H3. The fourth-order valence-corrected chi connectivity index (χ4v) is 2.87. The van der Waals surface area contributed by atoms with Gasteiger partial charge in [0.25, 0.3) is 0 Å². The van der Waals surface area contributed by atoms with E-state index in [4.69, 9.17) is 9.47 Å². The van der Waals surface area contributed by atoms with Gasteiger partial charge in [-0.3, -0.25) is 0 Å². The molecule has 0 saturated heterocycles. The first-order valence-electron chi connectivity index (χ1n) is 6.69. The van der Waals surface area contributed by atoms with Crippen molar-refractivity contribution >= 4 is 21.6 Å². The maximum Gasteiger partial charge on any atom is 0.144 e. The SMILES string of the molecule is COc1cc(F)ccc1NC1CCOc2ccc(Br)cc21. The molecular weight excluding hydrogens is 337 g/mol. The Balaban J connectivity index is 1.92.